The number of thiazole rings is 1. The molecule has 0 radical (unpaired) electrons. The normalized spacial score (nSPS) is 16.0. The Balaban J connectivity index is 2.01. The fraction of sp³-hybridized carbons (Fsp3) is 0.125. The molecule has 1 aliphatic heterocycles. The fourth-order valence-corrected chi connectivity index (χ4v) is 5.77. The molecular weight excluding hydrogens is 472 g/mol. The van der Waals surface area contributed by atoms with Gasteiger partial charge in [-0.25, -0.2) is 0 Å². The maximum absolute atomic E-state index is 13.3. The Morgan fingerprint density at radius 2 is 1.67 bits per heavy atom. The predicted octanol–water partition coefficient (Wildman–Crippen LogP) is 2.27. The van der Waals surface area contributed by atoms with E-state index in [2.05, 4.69) is 6.07 Å². The fourth-order valence-electron chi connectivity index (χ4n) is 3.77. The third-order valence-electron chi connectivity index (χ3n) is 5.40. The van der Waals surface area contributed by atoms with Crippen molar-refractivity contribution in [3.05, 3.63) is 84.8 Å². The molecule has 2 aromatic carbocycles. The van der Waals surface area contributed by atoms with E-state index >= 15 is 0 Å². The van der Waals surface area contributed by atoms with Crippen LogP contribution in [0.25, 0.3) is 17.5 Å². The van der Waals surface area contributed by atoms with Crippen LogP contribution in [0.1, 0.15) is 17.0 Å². The number of thioether (sulfide) groups is 2. The quantitative estimate of drug-likeness (QED) is 0.528. The standard InChI is InChI=1S/C24H20N4O2S3/c1-31-15-7-3-13(4-8-15)11-18-23(30)28-21(26)17(12-25)19(20(22(27)29)24(28)33-18)14-5-9-16(32-2)10-6-14/h3-11,19H,26H2,1-2H3,(H2,27,29)/b18-11-/t19-/m0/s1. The Morgan fingerprint density at radius 3 is 2.18 bits per heavy atom. The highest BCUT2D eigenvalue weighted by Gasteiger charge is 2.34. The topological polar surface area (TPSA) is 115 Å². The van der Waals surface area contributed by atoms with Crippen LogP contribution in [0.4, 0.5) is 0 Å². The molecule has 4 rings (SSSR count). The smallest absolute Gasteiger partial charge is 0.274 e. The molecule has 1 atom stereocenters. The highest BCUT2D eigenvalue weighted by Crippen LogP contribution is 2.36. The zero-order valence-electron chi connectivity index (χ0n) is 17.9. The molecule has 3 aromatic rings. The second-order valence-corrected chi connectivity index (χ2v) is 10.0. The number of primary amides is 1. The van der Waals surface area contributed by atoms with Gasteiger partial charge in [-0.15, -0.1) is 34.9 Å². The molecule has 166 valence electrons. The van der Waals surface area contributed by atoms with Gasteiger partial charge >= 0.3 is 0 Å². The first-order valence-corrected chi connectivity index (χ1v) is 13.1. The van der Waals surface area contributed by atoms with E-state index in [1.807, 2.05) is 61.0 Å². The van der Waals surface area contributed by atoms with E-state index in [-0.39, 0.29) is 22.5 Å². The van der Waals surface area contributed by atoms with Crippen LogP contribution >= 0.6 is 34.9 Å². The monoisotopic (exact) mass is 492 g/mol. The second-order valence-electron chi connectivity index (χ2n) is 7.22. The lowest BCUT2D eigenvalue weighted by Gasteiger charge is -2.24. The number of hydrogen-bond donors (Lipinski definition) is 2. The van der Waals surface area contributed by atoms with Crippen LogP contribution in [0.15, 0.2) is 68.7 Å². The zero-order chi connectivity index (χ0) is 23.7. The zero-order valence-corrected chi connectivity index (χ0v) is 20.3. The van der Waals surface area contributed by atoms with Crippen molar-refractivity contribution in [3.63, 3.8) is 0 Å². The molecule has 1 aliphatic rings. The summed E-state index contributed by atoms with van der Waals surface area (Å²) in [4.78, 5) is 28.0. The Labute approximate surface area is 202 Å². The summed E-state index contributed by atoms with van der Waals surface area (Å²) >= 11 is 4.37. The molecule has 6 nitrogen and oxygen atoms in total. The molecule has 0 saturated heterocycles. The number of allylic oxidation sites excluding steroid dienone is 1. The summed E-state index contributed by atoms with van der Waals surface area (Å²) in [5.41, 5.74) is 13.6. The van der Waals surface area contributed by atoms with Crippen LogP contribution in [0.3, 0.4) is 0 Å². The Morgan fingerprint density at radius 1 is 1.09 bits per heavy atom. The highest BCUT2D eigenvalue weighted by atomic mass is 32.2. The maximum Gasteiger partial charge on any atom is 0.274 e. The summed E-state index contributed by atoms with van der Waals surface area (Å²) in [5, 5.41) is 9.92. The van der Waals surface area contributed by atoms with E-state index in [1.165, 1.54) is 4.57 Å². The molecular formula is C24H20N4O2S3. The van der Waals surface area contributed by atoms with Gasteiger partial charge in [-0.05, 0) is 54.0 Å². The highest BCUT2D eigenvalue weighted by molar-refractivity contribution is 7.98. The minimum Gasteiger partial charge on any atom is -0.384 e. The van der Waals surface area contributed by atoms with Crippen molar-refractivity contribution in [2.24, 2.45) is 11.5 Å². The van der Waals surface area contributed by atoms with Crippen LogP contribution in [0.5, 0.6) is 0 Å². The van der Waals surface area contributed by atoms with Crippen LogP contribution in [0.2, 0.25) is 0 Å². The summed E-state index contributed by atoms with van der Waals surface area (Å²) in [6.07, 6.45) is 5.71. The summed E-state index contributed by atoms with van der Waals surface area (Å²) in [7, 11) is 0. The van der Waals surface area contributed by atoms with Gasteiger partial charge in [0, 0.05) is 9.79 Å². The van der Waals surface area contributed by atoms with Crippen LogP contribution in [0, 0.1) is 11.3 Å². The van der Waals surface area contributed by atoms with Crippen molar-refractivity contribution in [2.45, 2.75) is 15.7 Å². The van der Waals surface area contributed by atoms with Gasteiger partial charge in [-0.2, -0.15) is 5.26 Å². The lowest BCUT2D eigenvalue weighted by atomic mass is 9.83. The molecule has 0 fully saturated rings. The minimum atomic E-state index is -0.741. The van der Waals surface area contributed by atoms with Gasteiger partial charge in [-0.3, -0.25) is 14.2 Å². The van der Waals surface area contributed by atoms with Gasteiger partial charge in [0.15, 0.2) is 0 Å². The summed E-state index contributed by atoms with van der Waals surface area (Å²) in [5.74, 6) is -1.41. The van der Waals surface area contributed by atoms with Gasteiger partial charge in [0.05, 0.1) is 27.7 Å². The van der Waals surface area contributed by atoms with Gasteiger partial charge in [-0.1, -0.05) is 24.3 Å². The van der Waals surface area contributed by atoms with E-state index in [0.717, 1.165) is 26.7 Å². The van der Waals surface area contributed by atoms with E-state index in [1.54, 1.807) is 29.6 Å². The molecule has 0 saturated carbocycles. The SMILES string of the molecule is CSc1ccc(/C=c2\sc3n(c2=O)C(N)=C(C#N)[C@H](c2ccc(SC)cc2)C=3C(N)=O)cc1. The molecule has 0 unspecified atom stereocenters. The number of fused-ring (bicyclic) bond motifs is 1. The predicted molar refractivity (Wildman–Crippen MR) is 136 cm³/mol. The van der Waals surface area contributed by atoms with Crippen molar-refractivity contribution in [2.75, 3.05) is 12.5 Å². The number of aromatic nitrogens is 1. The molecule has 4 N–H and O–H groups in total. The molecule has 2 heterocycles. The van der Waals surface area contributed by atoms with E-state index in [9.17, 15) is 14.9 Å². The van der Waals surface area contributed by atoms with Gasteiger partial charge < -0.3 is 11.5 Å². The average Bonchev–Trinajstić information content (AvgIpc) is 3.15. The Kier molecular flexibility index (Phi) is 6.51. The first-order valence-electron chi connectivity index (χ1n) is 9.85. The molecule has 0 spiro atoms. The van der Waals surface area contributed by atoms with E-state index in [0.29, 0.717) is 14.8 Å². The average molecular weight is 493 g/mol. The van der Waals surface area contributed by atoms with Crippen molar-refractivity contribution >= 4 is 58.2 Å². The summed E-state index contributed by atoms with van der Waals surface area (Å²) < 4.78 is 1.99. The van der Waals surface area contributed by atoms with E-state index in [4.69, 9.17) is 11.5 Å². The molecule has 9 heteroatoms. The maximum atomic E-state index is 13.3. The van der Waals surface area contributed by atoms with Gasteiger partial charge in [0.2, 0.25) is 5.91 Å². The van der Waals surface area contributed by atoms with Crippen molar-refractivity contribution in [1.82, 2.24) is 4.57 Å². The number of carbonyl (C=O) groups is 1. The number of hydrogen-bond acceptors (Lipinski definition) is 7. The van der Waals surface area contributed by atoms with E-state index < -0.39 is 11.8 Å². The molecule has 0 aliphatic carbocycles. The molecule has 0 bridgehead atoms. The largest absolute Gasteiger partial charge is 0.384 e. The lowest BCUT2D eigenvalue weighted by molar-refractivity contribution is -0.113. The number of rotatable bonds is 5. The number of carbonyl (C=O) groups excluding carboxylic acids is 1. The minimum absolute atomic E-state index is 0.0232. The lowest BCUT2D eigenvalue weighted by Crippen LogP contribution is -2.41. The summed E-state index contributed by atoms with van der Waals surface area (Å²) in [6.45, 7) is 0. The Hall–Kier alpha value is -3.19. The molecule has 1 aromatic heterocycles. The number of nitriles is 1. The third-order valence-corrected chi connectivity index (χ3v) is 7.99. The van der Waals surface area contributed by atoms with Gasteiger partial charge in [0.1, 0.15) is 10.5 Å². The van der Waals surface area contributed by atoms with Crippen molar-refractivity contribution in [1.29, 1.82) is 5.26 Å². The molecule has 33 heavy (non-hydrogen) atoms. The van der Waals surface area contributed by atoms with Crippen LogP contribution in [-0.4, -0.2) is 23.0 Å². The first-order chi connectivity index (χ1) is 15.9. The summed E-state index contributed by atoms with van der Waals surface area (Å²) in [6, 6.07) is 17.4. The van der Waals surface area contributed by atoms with Crippen molar-refractivity contribution < 1.29 is 4.79 Å². The van der Waals surface area contributed by atoms with Crippen molar-refractivity contribution in [3.8, 4) is 6.07 Å². The van der Waals surface area contributed by atoms with Crippen LogP contribution < -0.4 is 26.2 Å². The number of nitrogens with zero attached hydrogens (tertiary/aromatic N) is 2. The Bertz CT molecular complexity index is 1490. The van der Waals surface area contributed by atoms with Crippen LogP contribution in [-0.2, 0) is 4.79 Å². The van der Waals surface area contributed by atoms with Gasteiger partial charge in [0.25, 0.3) is 5.56 Å². The number of nitrogens with two attached hydrogens (primary N) is 2. The third kappa shape index (κ3) is 4.13. The second kappa shape index (κ2) is 9.35. The first kappa shape index (κ1) is 23.0. The number of benzene rings is 2. The molecule has 1 amide bonds. The number of amides is 1.